The molecule has 3 atom stereocenters. The van der Waals surface area contributed by atoms with E-state index in [1.54, 1.807) is 0 Å². The van der Waals surface area contributed by atoms with E-state index in [4.69, 9.17) is 0 Å². The van der Waals surface area contributed by atoms with E-state index >= 15 is 0 Å². The van der Waals surface area contributed by atoms with Crippen molar-refractivity contribution in [2.75, 3.05) is 13.1 Å². The number of aliphatic hydroxyl groups is 1. The molecule has 0 aromatic rings. The highest BCUT2D eigenvalue weighted by atomic mass is 16.3. The lowest BCUT2D eigenvalue weighted by atomic mass is 9.89. The molecule has 1 heterocycles. The number of nitrogens with one attached hydrogen (secondary N) is 1. The van der Waals surface area contributed by atoms with Crippen LogP contribution in [0.25, 0.3) is 0 Å². The van der Waals surface area contributed by atoms with Gasteiger partial charge >= 0.3 is 0 Å². The monoisotopic (exact) mass is 308 g/mol. The molecule has 0 amide bonds. The Morgan fingerprint density at radius 1 is 1.18 bits per heavy atom. The number of likely N-dealkylation sites (tertiary alicyclic amines) is 1. The van der Waals surface area contributed by atoms with Gasteiger partial charge in [-0.1, -0.05) is 32.3 Å². The molecule has 2 rings (SSSR count). The van der Waals surface area contributed by atoms with Crippen molar-refractivity contribution in [3.63, 3.8) is 0 Å². The second-order valence-electron chi connectivity index (χ2n) is 7.25. The van der Waals surface area contributed by atoms with Gasteiger partial charge in [-0.25, -0.2) is 0 Å². The Bertz CT molecular complexity index is 313. The van der Waals surface area contributed by atoms with Gasteiger partial charge in [0.05, 0.1) is 6.10 Å². The highest BCUT2D eigenvalue weighted by Crippen LogP contribution is 2.26. The molecule has 2 fully saturated rings. The van der Waals surface area contributed by atoms with Gasteiger partial charge in [0.2, 0.25) is 0 Å². The van der Waals surface area contributed by atoms with Crippen molar-refractivity contribution in [2.45, 2.75) is 95.4 Å². The Morgan fingerprint density at radius 2 is 1.91 bits per heavy atom. The Kier molecular flexibility index (Phi) is 7.91. The molecule has 1 saturated heterocycles. The third-order valence-electron chi connectivity index (χ3n) is 5.52. The van der Waals surface area contributed by atoms with E-state index in [1.165, 1.54) is 51.4 Å². The number of allylic oxidation sites excluding steroid dienone is 1. The third kappa shape index (κ3) is 5.36. The van der Waals surface area contributed by atoms with Gasteiger partial charge in [-0.2, -0.15) is 0 Å². The van der Waals surface area contributed by atoms with Crippen molar-refractivity contribution in [1.82, 2.24) is 10.2 Å². The molecule has 22 heavy (non-hydrogen) atoms. The first-order valence-electron chi connectivity index (χ1n) is 9.53. The summed E-state index contributed by atoms with van der Waals surface area (Å²) in [7, 11) is 0. The average Bonchev–Trinajstić information content (AvgIpc) is 2.54. The first-order valence-corrected chi connectivity index (χ1v) is 9.53. The number of piperidine rings is 1. The van der Waals surface area contributed by atoms with Crippen LogP contribution in [-0.4, -0.2) is 47.3 Å². The lowest BCUT2D eigenvalue weighted by Crippen LogP contribution is -2.52. The summed E-state index contributed by atoms with van der Waals surface area (Å²) in [6.45, 7) is 8.43. The number of nitrogens with zero attached hydrogens (tertiary/aromatic N) is 1. The maximum atomic E-state index is 10.2. The normalized spacial score (nSPS) is 29.4. The van der Waals surface area contributed by atoms with Crippen LogP contribution in [0.15, 0.2) is 12.7 Å². The molecular formula is C19H36N2O. The summed E-state index contributed by atoms with van der Waals surface area (Å²) in [4.78, 5) is 2.56. The van der Waals surface area contributed by atoms with Gasteiger partial charge in [-0.3, -0.25) is 4.90 Å². The van der Waals surface area contributed by atoms with E-state index in [1.807, 2.05) is 6.08 Å². The predicted molar refractivity (Wildman–Crippen MR) is 94.1 cm³/mol. The van der Waals surface area contributed by atoms with Crippen LogP contribution in [0.5, 0.6) is 0 Å². The molecular weight excluding hydrogens is 272 g/mol. The summed E-state index contributed by atoms with van der Waals surface area (Å²) in [6.07, 6.45) is 14.0. The largest absolute Gasteiger partial charge is 0.391 e. The number of hydrogen-bond donors (Lipinski definition) is 2. The van der Waals surface area contributed by atoms with Crippen molar-refractivity contribution < 1.29 is 5.11 Å². The molecule has 1 saturated carbocycles. The lowest BCUT2D eigenvalue weighted by molar-refractivity contribution is 0.00650. The molecule has 3 heteroatoms. The summed E-state index contributed by atoms with van der Waals surface area (Å²) >= 11 is 0. The third-order valence-corrected chi connectivity index (χ3v) is 5.52. The highest BCUT2D eigenvalue weighted by Gasteiger charge is 2.31. The summed E-state index contributed by atoms with van der Waals surface area (Å²) < 4.78 is 0. The molecule has 1 aliphatic heterocycles. The van der Waals surface area contributed by atoms with Gasteiger partial charge < -0.3 is 10.4 Å². The Labute approximate surface area is 137 Å². The van der Waals surface area contributed by atoms with Gasteiger partial charge in [0.25, 0.3) is 0 Å². The maximum Gasteiger partial charge on any atom is 0.0695 e. The van der Waals surface area contributed by atoms with E-state index in [0.29, 0.717) is 18.1 Å². The second kappa shape index (κ2) is 9.69. The molecule has 128 valence electrons. The fourth-order valence-electron chi connectivity index (χ4n) is 4.23. The van der Waals surface area contributed by atoms with Crippen LogP contribution in [-0.2, 0) is 0 Å². The molecule has 0 aromatic heterocycles. The molecule has 1 aliphatic carbocycles. The van der Waals surface area contributed by atoms with Crippen LogP contribution in [0.1, 0.15) is 71.1 Å². The van der Waals surface area contributed by atoms with Crippen LogP contribution in [0.2, 0.25) is 0 Å². The first kappa shape index (κ1) is 18.0. The molecule has 0 radical (unpaired) electrons. The Balaban J connectivity index is 1.74. The minimum Gasteiger partial charge on any atom is -0.391 e. The van der Waals surface area contributed by atoms with Crippen molar-refractivity contribution in [1.29, 1.82) is 0 Å². The Morgan fingerprint density at radius 3 is 2.55 bits per heavy atom. The number of aliphatic hydroxyl groups excluding tert-OH is 1. The van der Waals surface area contributed by atoms with E-state index in [0.717, 1.165) is 25.9 Å². The van der Waals surface area contributed by atoms with Crippen molar-refractivity contribution in [2.24, 2.45) is 0 Å². The number of rotatable bonds is 8. The second-order valence-corrected chi connectivity index (χ2v) is 7.25. The molecule has 3 unspecified atom stereocenters. The van der Waals surface area contributed by atoms with Crippen molar-refractivity contribution in [3.8, 4) is 0 Å². The lowest BCUT2D eigenvalue weighted by Gasteiger charge is -2.42. The smallest absolute Gasteiger partial charge is 0.0695 e. The zero-order chi connectivity index (χ0) is 15.8. The van der Waals surface area contributed by atoms with Gasteiger partial charge in [-0.15, -0.1) is 6.58 Å². The molecule has 3 nitrogen and oxygen atoms in total. The molecule has 0 spiro atoms. The van der Waals surface area contributed by atoms with E-state index < -0.39 is 0 Å². The number of hydrogen-bond acceptors (Lipinski definition) is 3. The molecule has 2 N–H and O–H groups in total. The van der Waals surface area contributed by atoms with Gasteiger partial charge in [-0.05, 0) is 44.9 Å². The summed E-state index contributed by atoms with van der Waals surface area (Å²) in [5.41, 5.74) is 0. The quantitative estimate of drug-likeness (QED) is 0.674. The van der Waals surface area contributed by atoms with Gasteiger partial charge in [0.15, 0.2) is 0 Å². The maximum absolute atomic E-state index is 10.2. The van der Waals surface area contributed by atoms with Crippen molar-refractivity contribution >= 4 is 0 Å². The fraction of sp³-hybridized carbons (Fsp3) is 0.895. The predicted octanol–water partition coefficient (Wildman–Crippen LogP) is 3.48. The minimum atomic E-state index is -0.0845. The summed E-state index contributed by atoms with van der Waals surface area (Å²) in [5.74, 6) is 0. The van der Waals surface area contributed by atoms with Crippen LogP contribution in [0, 0.1) is 0 Å². The van der Waals surface area contributed by atoms with Crippen LogP contribution < -0.4 is 5.32 Å². The van der Waals surface area contributed by atoms with E-state index in [9.17, 15) is 5.11 Å². The molecule has 0 aromatic carbocycles. The van der Waals surface area contributed by atoms with Gasteiger partial charge in [0, 0.05) is 31.2 Å². The zero-order valence-corrected chi connectivity index (χ0v) is 14.5. The molecule has 0 bridgehead atoms. The van der Waals surface area contributed by atoms with Gasteiger partial charge in [0.1, 0.15) is 0 Å². The van der Waals surface area contributed by atoms with E-state index in [2.05, 4.69) is 23.7 Å². The molecule has 2 aliphatic rings. The fourth-order valence-corrected chi connectivity index (χ4v) is 4.23. The SMILES string of the molecule is C=CCCC(CCC)NC1CCN(C2CCCCC2O)CC1. The topological polar surface area (TPSA) is 35.5 Å². The zero-order valence-electron chi connectivity index (χ0n) is 14.5. The highest BCUT2D eigenvalue weighted by molar-refractivity contribution is 4.88. The summed E-state index contributed by atoms with van der Waals surface area (Å²) in [6, 6.07) is 1.75. The van der Waals surface area contributed by atoms with E-state index in [-0.39, 0.29) is 6.10 Å². The standard InChI is InChI=1S/C19H36N2O/c1-3-5-9-16(8-4-2)20-17-12-14-21(15-13-17)18-10-6-7-11-19(18)22/h3,16-20,22H,1,4-15H2,2H3. The minimum absolute atomic E-state index is 0.0845. The first-order chi connectivity index (χ1) is 10.7. The average molecular weight is 309 g/mol. The van der Waals surface area contributed by atoms with Crippen LogP contribution >= 0.6 is 0 Å². The van der Waals surface area contributed by atoms with Crippen LogP contribution in [0.4, 0.5) is 0 Å². The summed E-state index contributed by atoms with van der Waals surface area (Å²) in [5, 5.41) is 14.1. The van der Waals surface area contributed by atoms with Crippen molar-refractivity contribution in [3.05, 3.63) is 12.7 Å². The van der Waals surface area contributed by atoms with Crippen LogP contribution in [0.3, 0.4) is 0 Å². The Hall–Kier alpha value is -0.380.